The van der Waals surface area contributed by atoms with E-state index in [9.17, 15) is 18.0 Å². The molecule has 0 radical (unpaired) electrons. The van der Waals surface area contributed by atoms with Crippen molar-refractivity contribution in [3.8, 4) is 11.1 Å². The van der Waals surface area contributed by atoms with Crippen LogP contribution in [0, 0.1) is 17.8 Å². The van der Waals surface area contributed by atoms with Crippen molar-refractivity contribution in [3.05, 3.63) is 48.5 Å². The molecular weight excluding hydrogens is 404 g/mol. The Morgan fingerprint density at radius 3 is 2.10 bits per heavy atom. The van der Waals surface area contributed by atoms with Crippen LogP contribution >= 0.6 is 0 Å². The van der Waals surface area contributed by atoms with Crippen LogP contribution in [0.3, 0.4) is 0 Å². The Labute approximate surface area is 175 Å². The van der Waals surface area contributed by atoms with E-state index in [0.29, 0.717) is 12.1 Å². The number of hydrogen-bond donors (Lipinski definition) is 2. The zero-order valence-electron chi connectivity index (χ0n) is 16.8. The van der Waals surface area contributed by atoms with Gasteiger partial charge in [0.15, 0.2) is 0 Å². The maximum Gasteiger partial charge on any atom is 0.309 e. The number of anilines is 1. The lowest BCUT2D eigenvalue weighted by Crippen LogP contribution is -2.36. The molecule has 8 heteroatoms. The maximum atomic E-state index is 12.8. The normalized spacial score (nSPS) is 24.7. The largest absolute Gasteiger partial charge is 0.469 e. The molecule has 2 aliphatic rings. The average molecular weight is 429 g/mol. The average Bonchev–Trinajstić information content (AvgIpc) is 3.44. The molecule has 4 atom stereocenters. The number of benzene rings is 2. The van der Waals surface area contributed by atoms with E-state index in [-0.39, 0.29) is 40.6 Å². The smallest absolute Gasteiger partial charge is 0.309 e. The van der Waals surface area contributed by atoms with Crippen LogP contribution in [0.1, 0.15) is 19.8 Å². The molecule has 0 spiro atoms. The van der Waals surface area contributed by atoms with Crippen molar-refractivity contribution < 1.29 is 22.7 Å². The number of hydrogen-bond acceptors (Lipinski definition) is 5. The van der Waals surface area contributed by atoms with Crippen molar-refractivity contribution in [2.45, 2.75) is 30.7 Å². The summed E-state index contributed by atoms with van der Waals surface area (Å²) in [5.41, 5.74) is 2.49. The number of amides is 1. The summed E-state index contributed by atoms with van der Waals surface area (Å²) in [7, 11) is -2.31. The number of fused-ring (bicyclic) bond motifs is 1. The second-order valence-corrected chi connectivity index (χ2v) is 9.65. The van der Waals surface area contributed by atoms with Crippen LogP contribution in [-0.2, 0) is 24.3 Å². The van der Waals surface area contributed by atoms with Crippen LogP contribution in [0.25, 0.3) is 11.1 Å². The molecule has 0 saturated heterocycles. The Bertz CT molecular complexity index is 1060. The highest BCUT2D eigenvalue weighted by molar-refractivity contribution is 7.89. The molecule has 2 fully saturated rings. The van der Waals surface area contributed by atoms with Crippen molar-refractivity contribution in [1.82, 2.24) is 4.72 Å². The number of carbonyl (C=O) groups is 2. The van der Waals surface area contributed by atoms with Gasteiger partial charge in [-0.05, 0) is 60.1 Å². The quantitative estimate of drug-likeness (QED) is 0.689. The van der Waals surface area contributed by atoms with Crippen LogP contribution in [0.4, 0.5) is 5.69 Å². The first-order valence-electron chi connectivity index (χ1n) is 9.87. The number of methoxy groups -OCH3 is 1. The van der Waals surface area contributed by atoms with Gasteiger partial charge in [0, 0.05) is 18.7 Å². The Hall–Kier alpha value is -2.71. The molecule has 0 unspecified atom stereocenters. The molecule has 158 valence electrons. The van der Waals surface area contributed by atoms with Gasteiger partial charge in [0.2, 0.25) is 15.9 Å². The van der Waals surface area contributed by atoms with E-state index >= 15 is 0 Å². The van der Waals surface area contributed by atoms with E-state index in [4.69, 9.17) is 4.74 Å². The van der Waals surface area contributed by atoms with Gasteiger partial charge < -0.3 is 10.1 Å². The van der Waals surface area contributed by atoms with Crippen LogP contribution < -0.4 is 10.0 Å². The fourth-order valence-electron chi connectivity index (χ4n) is 4.39. The van der Waals surface area contributed by atoms with Crippen molar-refractivity contribution in [1.29, 1.82) is 0 Å². The fourth-order valence-corrected chi connectivity index (χ4v) is 5.69. The lowest BCUT2D eigenvalue weighted by atomic mass is 10.0. The van der Waals surface area contributed by atoms with Gasteiger partial charge in [0.1, 0.15) is 0 Å². The summed E-state index contributed by atoms with van der Waals surface area (Å²) in [6.45, 7) is 1.45. The number of ether oxygens (including phenoxy) is 1. The van der Waals surface area contributed by atoms with E-state index in [1.54, 1.807) is 36.4 Å². The van der Waals surface area contributed by atoms with Gasteiger partial charge in [-0.3, -0.25) is 9.59 Å². The molecule has 0 aromatic heterocycles. The Kier molecular flexibility index (Phi) is 5.38. The van der Waals surface area contributed by atoms with Crippen LogP contribution in [0.5, 0.6) is 0 Å². The van der Waals surface area contributed by atoms with Crippen LogP contribution in [-0.4, -0.2) is 33.4 Å². The first-order chi connectivity index (χ1) is 14.3. The van der Waals surface area contributed by atoms with E-state index in [0.717, 1.165) is 17.5 Å². The molecular formula is C22H24N2O5S. The predicted octanol–water partition coefficient (Wildman–Crippen LogP) is 2.79. The number of esters is 1. The maximum absolute atomic E-state index is 12.8. The van der Waals surface area contributed by atoms with E-state index in [1.807, 2.05) is 12.1 Å². The first-order valence-corrected chi connectivity index (χ1v) is 11.3. The van der Waals surface area contributed by atoms with Crippen LogP contribution in [0.15, 0.2) is 53.4 Å². The number of sulfonamides is 1. The van der Waals surface area contributed by atoms with E-state index in [1.165, 1.54) is 14.0 Å². The highest BCUT2D eigenvalue weighted by Crippen LogP contribution is 2.56. The van der Waals surface area contributed by atoms with Gasteiger partial charge in [-0.15, -0.1) is 0 Å². The van der Waals surface area contributed by atoms with Gasteiger partial charge in [-0.1, -0.05) is 24.3 Å². The number of nitrogens with one attached hydrogen (secondary N) is 2. The standard InChI is InChI=1S/C22H24N2O5S/c1-13(25)23-16-7-3-14(4-8-16)15-5-9-17(10-6-15)30(27,28)24-21-12-20(22(26)29-2)18-11-19(18)21/h3-10,18-21,24H,11-12H2,1-2H3,(H,23,25)/t18-,19+,20-,21+/m1/s1. The lowest BCUT2D eigenvalue weighted by Gasteiger charge is -2.17. The van der Waals surface area contributed by atoms with E-state index < -0.39 is 10.0 Å². The molecule has 0 aliphatic heterocycles. The van der Waals surface area contributed by atoms with Gasteiger partial charge in [-0.25, -0.2) is 13.1 Å². The van der Waals surface area contributed by atoms with Crippen molar-refractivity contribution in [2.75, 3.05) is 12.4 Å². The summed E-state index contributed by atoms with van der Waals surface area (Å²) in [6.07, 6.45) is 1.35. The lowest BCUT2D eigenvalue weighted by molar-refractivity contribution is -0.146. The van der Waals surface area contributed by atoms with Gasteiger partial charge in [0.25, 0.3) is 0 Å². The third-order valence-electron chi connectivity index (χ3n) is 5.95. The zero-order valence-corrected chi connectivity index (χ0v) is 17.6. The second kappa shape index (κ2) is 7.85. The van der Waals surface area contributed by atoms with Gasteiger partial charge >= 0.3 is 5.97 Å². The highest BCUT2D eigenvalue weighted by Gasteiger charge is 2.57. The molecule has 0 heterocycles. The minimum atomic E-state index is -3.67. The molecule has 30 heavy (non-hydrogen) atoms. The Morgan fingerprint density at radius 2 is 1.53 bits per heavy atom. The predicted molar refractivity (Wildman–Crippen MR) is 112 cm³/mol. The van der Waals surface area contributed by atoms with Crippen molar-refractivity contribution in [3.63, 3.8) is 0 Å². The topological polar surface area (TPSA) is 102 Å². The third-order valence-corrected chi connectivity index (χ3v) is 7.45. The molecule has 2 N–H and O–H groups in total. The zero-order chi connectivity index (χ0) is 21.5. The molecule has 2 saturated carbocycles. The minimum absolute atomic E-state index is 0.137. The first kappa shape index (κ1) is 20.6. The Balaban J connectivity index is 1.44. The monoisotopic (exact) mass is 428 g/mol. The second-order valence-electron chi connectivity index (χ2n) is 7.94. The van der Waals surface area contributed by atoms with Gasteiger partial charge in [0.05, 0.1) is 17.9 Å². The van der Waals surface area contributed by atoms with Crippen LogP contribution in [0.2, 0.25) is 0 Å². The van der Waals surface area contributed by atoms with Crippen molar-refractivity contribution in [2.24, 2.45) is 17.8 Å². The summed E-state index contributed by atoms with van der Waals surface area (Å²) in [5.74, 6) is -0.158. The fraction of sp³-hybridized carbons (Fsp3) is 0.364. The molecule has 2 aromatic carbocycles. The van der Waals surface area contributed by atoms with Gasteiger partial charge in [-0.2, -0.15) is 0 Å². The summed E-state index contributed by atoms with van der Waals surface area (Å²) in [5, 5.41) is 2.71. The Morgan fingerprint density at radius 1 is 0.933 bits per heavy atom. The SMILES string of the molecule is COC(=O)[C@@H]1C[C@H](NS(=O)(=O)c2ccc(-c3ccc(NC(C)=O)cc3)cc2)[C@H]2C[C@H]21. The molecule has 2 aromatic rings. The minimum Gasteiger partial charge on any atom is -0.469 e. The summed E-state index contributed by atoms with van der Waals surface area (Å²) in [4.78, 5) is 23.2. The summed E-state index contributed by atoms with van der Waals surface area (Å²) < 4.78 is 33.3. The summed E-state index contributed by atoms with van der Waals surface area (Å²) in [6, 6.07) is 13.8. The molecule has 4 rings (SSSR count). The number of carbonyl (C=O) groups excluding carboxylic acids is 2. The number of rotatable bonds is 6. The molecule has 1 amide bonds. The molecule has 0 bridgehead atoms. The van der Waals surface area contributed by atoms with E-state index in [2.05, 4.69) is 10.0 Å². The highest BCUT2D eigenvalue weighted by atomic mass is 32.2. The molecule has 2 aliphatic carbocycles. The third kappa shape index (κ3) is 4.11. The van der Waals surface area contributed by atoms with Crippen molar-refractivity contribution >= 4 is 27.6 Å². The summed E-state index contributed by atoms with van der Waals surface area (Å²) >= 11 is 0. The molecule has 7 nitrogen and oxygen atoms in total.